The van der Waals surface area contributed by atoms with Crippen molar-refractivity contribution in [2.24, 2.45) is 0 Å². The van der Waals surface area contributed by atoms with Crippen LogP contribution in [0, 0.1) is 0 Å². The minimum Gasteiger partial charge on any atom is -0.331 e. The first-order chi connectivity index (χ1) is 5.33. The molecule has 0 aromatic heterocycles. The Hall–Kier alpha value is -0.730. The van der Waals surface area contributed by atoms with Crippen molar-refractivity contribution in [3.63, 3.8) is 0 Å². The van der Waals surface area contributed by atoms with Crippen molar-refractivity contribution in [3.05, 3.63) is 0 Å². The Kier molecular flexibility index (Phi) is 3.55. The zero-order valence-electron chi connectivity index (χ0n) is 9.01. The summed E-state index contributed by atoms with van der Waals surface area (Å²) in [6.45, 7) is 6.21. The summed E-state index contributed by atoms with van der Waals surface area (Å²) in [4.78, 5) is 14.9. The molecule has 0 saturated heterocycles. The van der Waals surface area contributed by atoms with Gasteiger partial charge in [0.15, 0.2) is 0 Å². The fourth-order valence-electron chi connectivity index (χ4n) is 0.796. The number of carbonyl (C=O) groups is 1. The largest absolute Gasteiger partial charge is 0.331 e. The van der Waals surface area contributed by atoms with Crippen molar-refractivity contribution < 1.29 is 4.79 Å². The van der Waals surface area contributed by atoms with Gasteiger partial charge in [0.05, 0.1) is 0 Å². The topological polar surface area (TPSA) is 23.6 Å². The van der Waals surface area contributed by atoms with E-state index in [2.05, 4.69) is 20.8 Å². The molecule has 12 heavy (non-hydrogen) atoms. The van der Waals surface area contributed by atoms with Crippen LogP contribution in [0.25, 0.3) is 0 Å². The second-order valence-electron chi connectivity index (χ2n) is 3.90. The predicted octanol–water partition coefficient (Wildman–Crippen LogP) is 1.79. The summed E-state index contributed by atoms with van der Waals surface area (Å²) in [5, 5.41) is 0. The summed E-state index contributed by atoms with van der Waals surface area (Å²) in [6.07, 6.45) is 0.961. The van der Waals surface area contributed by atoms with E-state index in [4.69, 9.17) is 0 Å². The summed E-state index contributed by atoms with van der Waals surface area (Å²) in [5.74, 6) is 0. The Bertz CT molecular complexity index is 164. The van der Waals surface area contributed by atoms with Crippen LogP contribution in [0.1, 0.15) is 27.2 Å². The molecule has 0 bridgehead atoms. The molecule has 0 aliphatic heterocycles. The van der Waals surface area contributed by atoms with E-state index in [-0.39, 0.29) is 11.6 Å². The molecule has 2 amide bonds. The van der Waals surface area contributed by atoms with E-state index in [1.165, 1.54) is 0 Å². The van der Waals surface area contributed by atoms with Crippen LogP contribution in [0.15, 0.2) is 0 Å². The molecule has 0 heterocycles. The van der Waals surface area contributed by atoms with Crippen molar-refractivity contribution in [2.75, 3.05) is 21.1 Å². The van der Waals surface area contributed by atoms with E-state index in [0.29, 0.717) is 0 Å². The number of hydrogen-bond acceptors (Lipinski definition) is 1. The maximum Gasteiger partial charge on any atom is 0.319 e. The van der Waals surface area contributed by atoms with Crippen molar-refractivity contribution in [2.45, 2.75) is 32.7 Å². The van der Waals surface area contributed by atoms with E-state index in [9.17, 15) is 4.79 Å². The van der Waals surface area contributed by atoms with Crippen LogP contribution in [-0.4, -0.2) is 42.5 Å². The van der Waals surface area contributed by atoms with E-state index in [1.54, 1.807) is 23.9 Å². The summed E-state index contributed by atoms with van der Waals surface area (Å²) >= 11 is 0. The summed E-state index contributed by atoms with van der Waals surface area (Å²) in [6, 6.07) is 0.0573. The van der Waals surface area contributed by atoms with Crippen molar-refractivity contribution in [1.29, 1.82) is 0 Å². The number of hydrogen-bond donors (Lipinski definition) is 0. The summed E-state index contributed by atoms with van der Waals surface area (Å²) in [5.41, 5.74) is -0.0542. The first-order valence-electron chi connectivity index (χ1n) is 4.28. The van der Waals surface area contributed by atoms with Gasteiger partial charge in [0, 0.05) is 26.7 Å². The van der Waals surface area contributed by atoms with Gasteiger partial charge in [-0.2, -0.15) is 0 Å². The van der Waals surface area contributed by atoms with Gasteiger partial charge in [-0.3, -0.25) is 0 Å². The van der Waals surface area contributed by atoms with Gasteiger partial charge >= 0.3 is 6.03 Å². The highest BCUT2D eigenvalue weighted by molar-refractivity contribution is 5.74. The second-order valence-corrected chi connectivity index (χ2v) is 3.90. The molecule has 0 spiro atoms. The zero-order valence-corrected chi connectivity index (χ0v) is 9.01. The minimum atomic E-state index is -0.0542. The normalized spacial score (nSPS) is 11.2. The lowest BCUT2D eigenvalue weighted by atomic mass is 10.0. The lowest BCUT2D eigenvalue weighted by Gasteiger charge is -2.36. The Morgan fingerprint density at radius 1 is 1.25 bits per heavy atom. The minimum absolute atomic E-state index is 0.0542. The molecular weight excluding hydrogens is 152 g/mol. The molecule has 0 aliphatic rings. The van der Waals surface area contributed by atoms with Crippen LogP contribution in [0.5, 0.6) is 0 Å². The van der Waals surface area contributed by atoms with Gasteiger partial charge in [0.1, 0.15) is 0 Å². The Morgan fingerprint density at radius 3 is 1.92 bits per heavy atom. The van der Waals surface area contributed by atoms with Crippen LogP contribution >= 0.6 is 0 Å². The van der Waals surface area contributed by atoms with E-state index in [1.807, 2.05) is 7.05 Å². The summed E-state index contributed by atoms with van der Waals surface area (Å²) < 4.78 is 0. The van der Waals surface area contributed by atoms with Gasteiger partial charge in [-0.1, -0.05) is 6.92 Å². The number of nitrogens with zero attached hydrogens (tertiary/aromatic N) is 2. The molecule has 0 radical (unpaired) electrons. The van der Waals surface area contributed by atoms with Gasteiger partial charge in [-0.15, -0.1) is 0 Å². The van der Waals surface area contributed by atoms with Crippen molar-refractivity contribution >= 4 is 6.03 Å². The molecule has 0 aromatic rings. The summed E-state index contributed by atoms with van der Waals surface area (Å²) in [7, 11) is 5.38. The van der Waals surface area contributed by atoms with Crippen LogP contribution in [-0.2, 0) is 0 Å². The van der Waals surface area contributed by atoms with Gasteiger partial charge in [0.2, 0.25) is 0 Å². The molecule has 0 N–H and O–H groups in total. The van der Waals surface area contributed by atoms with Gasteiger partial charge < -0.3 is 9.80 Å². The van der Waals surface area contributed by atoms with Crippen LogP contribution in [0.4, 0.5) is 4.79 Å². The molecule has 0 atom stereocenters. The second kappa shape index (κ2) is 3.78. The standard InChI is InChI=1S/C9H20N2O/c1-7-9(2,3)11(6)8(12)10(4)5/h7H2,1-6H3. The zero-order chi connectivity index (χ0) is 9.94. The highest BCUT2D eigenvalue weighted by Crippen LogP contribution is 2.17. The van der Waals surface area contributed by atoms with Crippen LogP contribution in [0.2, 0.25) is 0 Å². The quantitative estimate of drug-likeness (QED) is 0.623. The Labute approximate surface area is 75.3 Å². The number of amides is 2. The number of rotatable bonds is 2. The fourth-order valence-corrected chi connectivity index (χ4v) is 0.796. The van der Waals surface area contributed by atoms with Gasteiger partial charge in [-0.25, -0.2) is 4.79 Å². The van der Waals surface area contributed by atoms with E-state index in [0.717, 1.165) is 6.42 Å². The molecule has 0 rings (SSSR count). The third kappa shape index (κ3) is 2.40. The molecule has 72 valence electrons. The molecule has 3 heteroatoms. The lowest BCUT2D eigenvalue weighted by Crippen LogP contribution is -2.48. The Morgan fingerprint density at radius 2 is 1.67 bits per heavy atom. The van der Waals surface area contributed by atoms with Crippen LogP contribution < -0.4 is 0 Å². The maximum absolute atomic E-state index is 11.5. The molecule has 0 unspecified atom stereocenters. The fraction of sp³-hybridized carbons (Fsp3) is 0.889. The number of urea groups is 1. The molecule has 0 aliphatic carbocycles. The third-order valence-corrected chi connectivity index (χ3v) is 2.44. The lowest BCUT2D eigenvalue weighted by molar-refractivity contribution is 0.130. The predicted molar refractivity (Wildman–Crippen MR) is 51.2 cm³/mol. The van der Waals surface area contributed by atoms with Crippen LogP contribution in [0.3, 0.4) is 0 Å². The van der Waals surface area contributed by atoms with Crippen molar-refractivity contribution in [3.8, 4) is 0 Å². The van der Waals surface area contributed by atoms with Gasteiger partial charge in [-0.05, 0) is 20.3 Å². The molecule has 3 nitrogen and oxygen atoms in total. The molecule has 0 saturated carbocycles. The maximum atomic E-state index is 11.5. The highest BCUT2D eigenvalue weighted by atomic mass is 16.2. The molecular formula is C9H20N2O. The average Bonchev–Trinajstić information content (AvgIpc) is 2.01. The third-order valence-electron chi connectivity index (χ3n) is 2.44. The Balaban J connectivity index is 4.38. The average molecular weight is 172 g/mol. The SMILES string of the molecule is CCC(C)(C)N(C)C(=O)N(C)C. The first-order valence-corrected chi connectivity index (χ1v) is 4.28. The highest BCUT2D eigenvalue weighted by Gasteiger charge is 2.26. The monoisotopic (exact) mass is 172 g/mol. The van der Waals surface area contributed by atoms with Gasteiger partial charge in [0.25, 0.3) is 0 Å². The smallest absolute Gasteiger partial charge is 0.319 e. The first kappa shape index (κ1) is 11.3. The number of carbonyl (C=O) groups excluding carboxylic acids is 1. The van der Waals surface area contributed by atoms with Crippen molar-refractivity contribution in [1.82, 2.24) is 9.80 Å². The van der Waals surface area contributed by atoms with E-state index < -0.39 is 0 Å². The molecule has 0 aromatic carbocycles. The van der Waals surface area contributed by atoms with E-state index >= 15 is 0 Å². The molecule has 0 fully saturated rings.